The van der Waals surface area contributed by atoms with Crippen molar-refractivity contribution in [2.24, 2.45) is 0 Å². The first-order valence-electron chi connectivity index (χ1n) is 6.19. The van der Waals surface area contributed by atoms with Crippen LogP contribution in [0.5, 0.6) is 0 Å². The van der Waals surface area contributed by atoms with Gasteiger partial charge in [-0.15, -0.1) is 0 Å². The van der Waals surface area contributed by atoms with Gasteiger partial charge in [0.25, 0.3) is 0 Å². The van der Waals surface area contributed by atoms with Crippen LogP contribution < -0.4 is 0 Å². The van der Waals surface area contributed by atoms with E-state index < -0.39 is 0 Å². The lowest BCUT2D eigenvalue weighted by atomic mass is 10.1. The maximum absolute atomic E-state index is 8.93. The maximum Gasteiger partial charge on any atom is 0.147 e. The summed E-state index contributed by atoms with van der Waals surface area (Å²) in [6.45, 7) is 0. The van der Waals surface area contributed by atoms with Crippen LogP contribution in [0.15, 0.2) is 79.9 Å². The van der Waals surface area contributed by atoms with E-state index in [0.717, 1.165) is 11.1 Å². The summed E-state index contributed by atoms with van der Waals surface area (Å²) in [4.78, 5) is 0. The molecule has 0 spiro atoms. The molecule has 1 aliphatic carbocycles. The quantitative estimate of drug-likeness (QED) is 0.560. The second kappa shape index (κ2) is 7.96. The van der Waals surface area contributed by atoms with Crippen LogP contribution in [0.25, 0.3) is 0 Å². The highest BCUT2D eigenvalue weighted by molar-refractivity contribution is 8.27. The number of rotatable bonds is 3. The van der Waals surface area contributed by atoms with Gasteiger partial charge in [-0.05, 0) is 40.2 Å². The largest absolute Gasteiger partial charge is 0.192 e. The molecule has 1 heterocycles. The Morgan fingerprint density at radius 1 is 1.00 bits per heavy atom. The van der Waals surface area contributed by atoms with Gasteiger partial charge in [-0.1, -0.05) is 47.8 Å². The normalized spacial score (nSPS) is 17.2. The first-order chi connectivity index (χ1) is 10.8. The van der Waals surface area contributed by atoms with E-state index in [1.807, 2.05) is 41.2 Å². The van der Waals surface area contributed by atoms with Crippen molar-refractivity contribution in [3.8, 4) is 18.2 Å². The van der Waals surface area contributed by atoms with E-state index in [-0.39, 0.29) is 11.1 Å². The zero-order chi connectivity index (χ0) is 15.8. The SMILES string of the molecule is N#CC(C#N)=C(C#N)/C=C/C=C1/C=CC(C=C2SC=CS2)=C1. The lowest BCUT2D eigenvalue weighted by molar-refractivity contribution is 1.42. The van der Waals surface area contributed by atoms with E-state index in [9.17, 15) is 0 Å². The number of hydrogen-bond acceptors (Lipinski definition) is 5. The lowest BCUT2D eigenvalue weighted by Gasteiger charge is -1.93. The molecule has 0 radical (unpaired) electrons. The van der Waals surface area contributed by atoms with Crippen molar-refractivity contribution in [2.75, 3.05) is 0 Å². The van der Waals surface area contributed by atoms with Crippen LogP contribution >= 0.6 is 23.5 Å². The summed E-state index contributed by atoms with van der Waals surface area (Å²) < 4.78 is 1.23. The minimum atomic E-state index is -0.178. The summed E-state index contributed by atoms with van der Waals surface area (Å²) in [7, 11) is 0. The van der Waals surface area contributed by atoms with Gasteiger partial charge in [0.05, 0.1) is 5.57 Å². The van der Waals surface area contributed by atoms with Crippen LogP contribution in [0.2, 0.25) is 0 Å². The summed E-state index contributed by atoms with van der Waals surface area (Å²) in [5, 5.41) is 30.5. The molecule has 2 rings (SSSR count). The minimum absolute atomic E-state index is 0.0694. The van der Waals surface area contributed by atoms with Gasteiger partial charge in [-0.3, -0.25) is 0 Å². The van der Waals surface area contributed by atoms with Gasteiger partial charge >= 0.3 is 0 Å². The maximum atomic E-state index is 8.93. The number of allylic oxidation sites excluding steroid dienone is 11. The van der Waals surface area contributed by atoms with Crippen molar-refractivity contribution < 1.29 is 0 Å². The third-order valence-corrected chi connectivity index (χ3v) is 4.67. The molecule has 0 aromatic heterocycles. The van der Waals surface area contributed by atoms with Gasteiger partial charge in [0.15, 0.2) is 0 Å². The Bertz CT molecular complexity index is 787. The standard InChI is InChI=1S/C17H9N3S2/c18-10-15(16(11-19)12-20)3-1-2-13-4-5-14(8-13)9-17-21-6-7-22-17/h1-9H/b3-1+,13-2-. The Labute approximate surface area is 137 Å². The van der Waals surface area contributed by atoms with E-state index in [1.165, 1.54) is 10.3 Å². The van der Waals surface area contributed by atoms with E-state index in [2.05, 4.69) is 6.08 Å². The molecule has 0 unspecified atom stereocenters. The highest BCUT2D eigenvalue weighted by atomic mass is 32.2. The molecular formula is C17H9N3S2. The number of nitriles is 3. The first-order valence-corrected chi connectivity index (χ1v) is 7.95. The van der Waals surface area contributed by atoms with Gasteiger partial charge in [0.1, 0.15) is 23.8 Å². The number of nitrogens with zero attached hydrogens (tertiary/aromatic N) is 3. The Morgan fingerprint density at radius 3 is 2.36 bits per heavy atom. The van der Waals surface area contributed by atoms with Crippen LogP contribution in [-0.2, 0) is 0 Å². The van der Waals surface area contributed by atoms with Crippen LogP contribution in [-0.4, -0.2) is 0 Å². The molecule has 0 saturated heterocycles. The predicted molar refractivity (Wildman–Crippen MR) is 90.7 cm³/mol. The fourth-order valence-electron chi connectivity index (χ4n) is 1.67. The van der Waals surface area contributed by atoms with E-state index >= 15 is 0 Å². The Kier molecular flexibility index (Phi) is 5.69. The fourth-order valence-corrected chi connectivity index (χ4v) is 3.35. The van der Waals surface area contributed by atoms with E-state index in [1.54, 1.807) is 41.7 Å². The molecule has 2 aliphatic rings. The molecule has 5 heteroatoms. The van der Waals surface area contributed by atoms with Crippen molar-refractivity contribution in [2.45, 2.75) is 0 Å². The molecule has 0 bridgehead atoms. The molecule has 0 amide bonds. The first kappa shape index (κ1) is 15.7. The summed E-state index contributed by atoms with van der Waals surface area (Å²) >= 11 is 3.39. The highest BCUT2D eigenvalue weighted by Gasteiger charge is 2.05. The van der Waals surface area contributed by atoms with Crippen molar-refractivity contribution in [3.63, 3.8) is 0 Å². The third-order valence-electron chi connectivity index (χ3n) is 2.67. The van der Waals surface area contributed by atoms with Crippen LogP contribution in [0.4, 0.5) is 0 Å². The summed E-state index contributed by atoms with van der Waals surface area (Å²) in [6.07, 6.45) is 13.1. The molecule has 0 N–H and O–H groups in total. The topological polar surface area (TPSA) is 71.4 Å². The summed E-state index contributed by atoms with van der Waals surface area (Å²) in [5.74, 6) is 0. The average molecular weight is 319 g/mol. The van der Waals surface area contributed by atoms with E-state index in [4.69, 9.17) is 15.8 Å². The Morgan fingerprint density at radius 2 is 1.73 bits per heavy atom. The number of thioether (sulfide) groups is 2. The molecule has 0 saturated carbocycles. The van der Waals surface area contributed by atoms with Gasteiger partial charge in [-0.2, -0.15) is 15.8 Å². The molecule has 3 nitrogen and oxygen atoms in total. The molecule has 22 heavy (non-hydrogen) atoms. The second-order valence-corrected chi connectivity index (χ2v) is 6.25. The molecule has 104 valence electrons. The highest BCUT2D eigenvalue weighted by Crippen LogP contribution is 2.38. The van der Waals surface area contributed by atoms with Gasteiger partial charge in [0.2, 0.25) is 0 Å². The molecule has 1 aliphatic heterocycles. The Balaban J connectivity index is 2.10. The van der Waals surface area contributed by atoms with Gasteiger partial charge in [-0.25, -0.2) is 0 Å². The van der Waals surface area contributed by atoms with Crippen LogP contribution in [0.1, 0.15) is 0 Å². The Hall–Kier alpha value is -2.65. The van der Waals surface area contributed by atoms with Gasteiger partial charge in [0, 0.05) is 4.24 Å². The monoisotopic (exact) mass is 319 g/mol. The van der Waals surface area contributed by atoms with E-state index in [0.29, 0.717) is 0 Å². The second-order valence-electron chi connectivity index (χ2n) is 4.10. The van der Waals surface area contributed by atoms with Gasteiger partial charge < -0.3 is 0 Å². The van der Waals surface area contributed by atoms with Crippen molar-refractivity contribution in [3.05, 3.63) is 79.9 Å². The molecular weight excluding hydrogens is 310 g/mol. The van der Waals surface area contributed by atoms with Crippen molar-refractivity contribution >= 4 is 23.5 Å². The van der Waals surface area contributed by atoms with Crippen LogP contribution in [0, 0.1) is 34.0 Å². The fraction of sp³-hybridized carbons (Fsp3) is 0. The summed E-state index contributed by atoms with van der Waals surface area (Å²) in [6, 6.07) is 5.27. The van der Waals surface area contributed by atoms with Crippen molar-refractivity contribution in [1.82, 2.24) is 0 Å². The zero-order valence-corrected chi connectivity index (χ0v) is 13.0. The summed E-state index contributed by atoms with van der Waals surface area (Å²) in [5.41, 5.74) is 2.00. The zero-order valence-electron chi connectivity index (χ0n) is 11.4. The predicted octanol–water partition coefficient (Wildman–Crippen LogP) is 4.63. The number of hydrogen-bond donors (Lipinski definition) is 0. The lowest BCUT2D eigenvalue weighted by Crippen LogP contribution is -1.80. The molecule has 0 fully saturated rings. The molecule has 0 aromatic rings. The van der Waals surface area contributed by atoms with Crippen LogP contribution in [0.3, 0.4) is 0 Å². The third kappa shape index (κ3) is 4.17. The minimum Gasteiger partial charge on any atom is -0.192 e. The smallest absolute Gasteiger partial charge is 0.147 e. The average Bonchev–Trinajstić information content (AvgIpc) is 3.19. The molecule has 0 aromatic carbocycles. The van der Waals surface area contributed by atoms with Crippen molar-refractivity contribution in [1.29, 1.82) is 15.8 Å². The molecule has 0 atom stereocenters.